The van der Waals surface area contributed by atoms with Crippen molar-refractivity contribution < 1.29 is 47.6 Å². The first kappa shape index (κ1) is 65.6. The summed E-state index contributed by atoms with van der Waals surface area (Å²) in [5, 5.41) is 14.3. The van der Waals surface area contributed by atoms with Crippen molar-refractivity contribution in [2.24, 2.45) is 0 Å². The molecule has 22 nitrogen and oxygen atoms in total. The Morgan fingerprint density at radius 2 is 1.46 bits per heavy atom. The topological polar surface area (TPSA) is 225 Å². The van der Waals surface area contributed by atoms with Crippen molar-refractivity contribution in [1.82, 2.24) is 56.5 Å². The Kier molecular flexibility index (Phi) is 29.3. The van der Waals surface area contributed by atoms with Crippen LogP contribution in [0.25, 0.3) is 0 Å². The van der Waals surface area contributed by atoms with Gasteiger partial charge in [0.15, 0.2) is 6.04 Å². The number of nitrogens with zero attached hydrogens (tertiary/aromatic N) is 6. The maximum absolute atomic E-state index is 13.9. The van der Waals surface area contributed by atoms with Gasteiger partial charge in [-0.1, -0.05) is 48.5 Å². The molecule has 3 fully saturated rings. The van der Waals surface area contributed by atoms with Crippen molar-refractivity contribution in [2.45, 2.75) is 75.1 Å². The Labute approximate surface area is 500 Å². The minimum atomic E-state index is -0.876. The molecule has 3 aliphatic heterocycles. The van der Waals surface area contributed by atoms with E-state index in [1.54, 1.807) is 54.2 Å². The number of carbonyl (C=O) groups excluding carboxylic acids is 4. The first-order valence-electron chi connectivity index (χ1n) is 29.6. The quantitative estimate of drug-likeness (QED) is 0.0340. The number of anilines is 1. The predicted molar refractivity (Wildman–Crippen MR) is 325 cm³/mol. The lowest BCUT2D eigenvalue weighted by Gasteiger charge is -2.33. The number of aryl methyl sites for hydroxylation is 1. The third-order valence-electron chi connectivity index (χ3n) is 14.6. The molecule has 3 aliphatic rings. The lowest BCUT2D eigenvalue weighted by molar-refractivity contribution is -0.141. The number of urea groups is 1. The molecular weight excluding hydrogens is 1090 g/mol. The van der Waals surface area contributed by atoms with E-state index in [-0.39, 0.29) is 47.8 Å². The van der Waals surface area contributed by atoms with Crippen LogP contribution in [0.15, 0.2) is 103 Å². The number of amides is 5. The first-order valence-corrected chi connectivity index (χ1v) is 30.7. The zero-order valence-electron chi connectivity index (χ0n) is 49.4. The molecule has 4 heterocycles. The number of hydrogen-bond acceptors (Lipinski definition) is 18. The number of methoxy groups -OCH3 is 1. The number of nitrogens with one attached hydrogen (secondary N) is 6. The Hall–Kier alpha value is -5.96. The van der Waals surface area contributed by atoms with E-state index in [0.717, 1.165) is 94.2 Å². The minimum Gasteiger partial charge on any atom is -0.494 e. The highest BCUT2D eigenvalue weighted by Crippen LogP contribution is 2.24. The van der Waals surface area contributed by atoms with Crippen LogP contribution in [0.2, 0.25) is 0 Å². The smallest absolute Gasteiger partial charge is 0.321 e. The van der Waals surface area contributed by atoms with Gasteiger partial charge in [-0.2, -0.15) is 5.53 Å². The summed E-state index contributed by atoms with van der Waals surface area (Å²) in [6.45, 7) is 12.2. The SMILES string of the molecule is COCCCN(C(=O)CCc1ccc(OCCCCN(C)CCOCCOCCC2CN(CCOCCOc3ccc(NC(=O)NC4NC(CC(=O)N5CCN(C)CC5)CS4)cc3)NN2)cc1)C(C(=O)NCc1ccccc1)c1ccccn1. The molecule has 4 atom stereocenters. The highest BCUT2D eigenvalue weighted by molar-refractivity contribution is 8.00. The monoisotopic (exact) mass is 1180 g/mol. The summed E-state index contributed by atoms with van der Waals surface area (Å²) in [5.41, 5.74) is 9.44. The van der Waals surface area contributed by atoms with E-state index < -0.39 is 6.04 Å². The molecule has 460 valence electrons. The van der Waals surface area contributed by atoms with Gasteiger partial charge in [0.2, 0.25) is 17.7 Å². The molecule has 0 bridgehead atoms. The van der Waals surface area contributed by atoms with Crippen LogP contribution in [0.3, 0.4) is 0 Å². The highest BCUT2D eigenvalue weighted by atomic mass is 32.2. The Morgan fingerprint density at radius 1 is 0.738 bits per heavy atom. The molecule has 3 saturated heterocycles. The fourth-order valence-corrected chi connectivity index (χ4v) is 10.8. The van der Waals surface area contributed by atoms with Crippen LogP contribution in [-0.2, 0) is 46.3 Å². The summed E-state index contributed by atoms with van der Waals surface area (Å²) >= 11 is 1.59. The van der Waals surface area contributed by atoms with E-state index in [2.05, 4.69) is 66.1 Å². The summed E-state index contributed by atoms with van der Waals surface area (Å²) < 4.78 is 34.7. The van der Waals surface area contributed by atoms with E-state index in [4.69, 9.17) is 28.4 Å². The second-order valence-corrected chi connectivity index (χ2v) is 22.4. The van der Waals surface area contributed by atoms with E-state index in [0.29, 0.717) is 109 Å². The lowest BCUT2D eigenvalue weighted by Crippen LogP contribution is -2.49. The summed E-state index contributed by atoms with van der Waals surface area (Å²) in [6.07, 6.45) is 6.21. The van der Waals surface area contributed by atoms with Crippen LogP contribution in [0, 0.1) is 0 Å². The molecular formula is C61H90N12O10S. The zero-order valence-corrected chi connectivity index (χ0v) is 50.2. The number of pyridine rings is 1. The molecule has 0 radical (unpaired) electrons. The summed E-state index contributed by atoms with van der Waals surface area (Å²) in [7, 11) is 5.80. The van der Waals surface area contributed by atoms with Crippen LogP contribution in [0.5, 0.6) is 11.5 Å². The van der Waals surface area contributed by atoms with Crippen molar-refractivity contribution in [3.63, 3.8) is 0 Å². The average Bonchev–Trinajstić information content (AvgIpc) is 4.27. The number of ether oxygens (including phenoxy) is 6. The van der Waals surface area contributed by atoms with Gasteiger partial charge >= 0.3 is 6.03 Å². The van der Waals surface area contributed by atoms with Crippen LogP contribution in [0.4, 0.5) is 10.5 Å². The summed E-state index contributed by atoms with van der Waals surface area (Å²) in [4.78, 5) is 65.7. The summed E-state index contributed by atoms with van der Waals surface area (Å²) in [5.74, 6) is 2.00. The number of unbranched alkanes of at least 4 members (excludes halogenated alkanes) is 1. The van der Waals surface area contributed by atoms with Crippen LogP contribution < -0.4 is 41.7 Å². The van der Waals surface area contributed by atoms with Gasteiger partial charge in [-0.05, 0) is 112 Å². The third kappa shape index (κ3) is 24.2. The standard InChI is InChI=1S/C61H90N12O10S/c1-69(27-9-10-36-82-53-20-15-48(16-21-53)17-24-56(74)73(28-11-35-78-3)58(55-14-7-8-26-62-55)59(76)63-45-49-12-5-4-6-13-49)33-38-80-41-40-79-37-25-51-46-72(68-67-51)34-39-81-42-43-83-54-22-18-50(19-23-54)64-60(77)66-61-65-52(47-84-61)44-57(75)71-31-29-70(2)30-32-71/h4-8,12-16,18-23,26,51-52,58,61,65,67-68H,9-11,17,24-25,27-47H2,1-3H3,(H,63,76)(H2,64,66,77). The van der Waals surface area contributed by atoms with Crippen LogP contribution in [0.1, 0.15) is 61.4 Å². The molecule has 1 aromatic heterocycles. The molecule has 0 spiro atoms. The van der Waals surface area contributed by atoms with E-state index in [1.807, 2.05) is 77.7 Å². The molecule has 6 N–H and O–H groups in total. The number of likely N-dealkylation sites (N-methyl/N-ethyl adjacent to an activating group) is 2. The van der Waals surface area contributed by atoms with Gasteiger partial charge in [0.25, 0.3) is 0 Å². The Bertz CT molecular complexity index is 2510. The molecule has 0 aliphatic carbocycles. The fourth-order valence-electron chi connectivity index (χ4n) is 9.72. The molecule has 23 heteroatoms. The molecule has 84 heavy (non-hydrogen) atoms. The third-order valence-corrected chi connectivity index (χ3v) is 15.8. The van der Waals surface area contributed by atoms with Gasteiger partial charge in [-0.3, -0.25) is 24.7 Å². The summed E-state index contributed by atoms with van der Waals surface area (Å²) in [6, 6.07) is 29.4. The molecule has 5 amide bonds. The first-order chi connectivity index (χ1) is 41.1. The minimum absolute atomic E-state index is 0.0272. The normalized spacial score (nSPS) is 17.7. The van der Waals surface area contributed by atoms with Gasteiger partial charge < -0.3 is 64.0 Å². The fraction of sp³-hybridized carbons (Fsp3) is 0.557. The largest absolute Gasteiger partial charge is 0.494 e. The second kappa shape index (κ2) is 37.5. The Morgan fingerprint density at radius 3 is 2.23 bits per heavy atom. The maximum atomic E-state index is 13.9. The van der Waals surface area contributed by atoms with Crippen LogP contribution in [-0.4, -0.2) is 216 Å². The van der Waals surface area contributed by atoms with Crippen molar-refractivity contribution >= 4 is 41.2 Å². The molecule has 4 unspecified atom stereocenters. The van der Waals surface area contributed by atoms with Crippen molar-refractivity contribution in [3.05, 3.63) is 120 Å². The van der Waals surface area contributed by atoms with E-state index >= 15 is 0 Å². The van der Waals surface area contributed by atoms with E-state index in [1.165, 1.54) is 0 Å². The maximum Gasteiger partial charge on any atom is 0.321 e. The van der Waals surface area contributed by atoms with E-state index in [9.17, 15) is 19.2 Å². The molecule has 0 saturated carbocycles. The predicted octanol–water partition coefficient (Wildman–Crippen LogP) is 4.51. The number of hydrazine groups is 2. The number of carbonyl (C=O) groups is 4. The number of rotatable bonds is 38. The van der Waals surface area contributed by atoms with Gasteiger partial charge in [0.1, 0.15) is 23.6 Å². The second-order valence-electron chi connectivity index (χ2n) is 21.3. The van der Waals surface area contributed by atoms with Gasteiger partial charge in [-0.15, -0.1) is 11.8 Å². The van der Waals surface area contributed by atoms with Gasteiger partial charge in [0, 0.05) is 122 Å². The van der Waals surface area contributed by atoms with Crippen molar-refractivity contribution in [1.29, 1.82) is 0 Å². The molecule has 4 aromatic rings. The number of aromatic nitrogens is 1. The van der Waals surface area contributed by atoms with Crippen molar-refractivity contribution in [2.75, 3.05) is 151 Å². The van der Waals surface area contributed by atoms with Gasteiger partial charge in [-0.25, -0.2) is 15.2 Å². The lowest BCUT2D eigenvalue weighted by atomic mass is 10.1. The van der Waals surface area contributed by atoms with Crippen molar-refractivity contribution in [3.8, 4) is 11.5 Å². The number of thioether (sulfide) groups is 1. The van der Waals surface area contributed by atoms with Crippen LogP contribution >= 0.6 is 11.8 Å². The number of piperazine rings is 1. The molecule has 7 rings (SSSR count). The average molecular weight is 1180 g/mol. The zero-order chi connectivity index (χ0) is 59.0. The Balaban J connectivity index is 0.645. The molecule has 3 aromatic carbocycles. The highest BCUT2D eigenvalue weighted by Gasteiger charge is 2.33. The number of benzene rings is 3. The number of hydrogen-bond donors (Lipinski definition) is 6. The van der Waals surface area contributed by atoms with Gasteiger partial charge in [0.05, 0.1) is 45.3 Å².